The van der Waals surface area contributed by atoms with Gasteiger partial charge in [0.25, 0.3) is 5.91 Å². The maximum absolute atomic E-state index is 12.5. The number of hydrogen-bond acceptors (Lipinski definition) is 5. The van der Waals surface area contributed by atoms with Crippen molar-refractivity contribution >= 4 is 11.9 Å². The summed E-state index contributed by atoms with van der Waals surface area (Å²) in [6.45, 7) is 4.80. The van der Waals surface area contributed by atoms with Crippen LogP contribution in [0.25, 0.3) is 0 Å². The van der Waals surface area contributed by atoms with Crippen molar-refractivity contribution in [1.82, 2.24) is 4.90 Å². The normalized spacial score (nSPS) is 19.1. The lowest BCUT2D eigenvalue weighted by molar-refractivity contribution is -0.146. The van der Waals surface area contributed by atoms with Gasteiger partial charge in [0.15, 0.2) is 6.61 Å². The van der Waals surface area contributed by atoms with Crippen LogP contribution in [0.1, 0.15) is 29.8 Å². The molecule has 3 rings (SSSR count). The Hall–Kier alpha value is -2.86. The van der Waals surface area contributed by atoms with Crippen LogP contribution < -0.4 is 4.74 Å². The van der Waals surface area contributed by atoms with Gasteiger partial charge >= 0.3 is 5.97 Å². The van der Waals surface area contributed by atoms with Crippen LogP contribution in [0.5, 0.6) is 5.75 Å². The highest BCUT2D eigenvalue weighted by atomic mass is 16.5. The van der Waals surface area contributed by atoms with E-state index in [0.717, 1.165) is 5.75 Å². The Morgan fingerprint density at radius 3 is 2.36 bits per heavy atom. The molecule has 0 aliphatic carbocycles. The average Bonchev–Trinajstić information content (AvgIpc) is 2.70. The van der Waals surface area contributed by atoms with Crippen molar-refractivity contribution in [2.45, 2.75) is 32.7 Å². The van der Waals surface area contributed by atoms with Gasteiger partial charge in [-0.1, -0.05) is 36.4 Å². The monoisotopic (exact) mass is 383 g/mol. The van der Waals surface area contributed by atoms with E-state index in [-0.39, 0.29) is 31.3 Å². The Morgan fingerprint density at radius 1 is 1.00 bits per heavy atom. The van der Waals surface area contributed by atoms with Crippen molar-refractivity contribution in [1.29, 1.82) is 0 Å². The van der Waals surface area contributed by atoms with Gasteiger partial charge in [-0.15, -0.1) is 0 Å². The van der Waals surface area contributed by atoms with Crippen molar-refractivity contribution in [2.75, 3.05) is 19.7 Å². The summed E-state index contributed by atoms with van der Waals surface area (Å²) < 4.78 is 16.6. The van der Waals surface area contributed by atoms with E-state index in [4.69, 9.17) is 14.2 Å². The van der Waals surface area contributed by atoms with Gasteiger partial charge in [-0.2, -0.15) is 0 Å². The number of carbonyl (C=O) groups excluding carboxylic acids is 2. The summed E-state index contributed by atoms with van der Waals surface area (Å²) in [5, 5.41) is 0. The van der Waals surface area contributed by atoms with Crippen LogP contribution in [0, 0.1) is 0 Å². The maximum Gasteiger partial charge on any atom is 0.339 e. The number of nitrogens with zero attached hydrogens (tertiary/aromatic N) is 1. The van der Waals surface area contributed by atoms with Gasteiger partial charge < -0.3 is 19.1 Å². The average molecular weight is 383 g/mol. The number of para-hydroxylation sites is 1. The van der Waals surface area contributed by atoms with E-state index in [9.17, 15) is 9.59 Å². The zero-order valence-corrected chi connectivity index (χ0v) is 16.2. The van der Waals surface area contributed by atoms with E-state index >= 15 is 0 Å². The molecule has 1 amide bonds. The van der Waals surface area contributed by atoms with Gasteiger partial charge in [-0.25, -0.2) is 4.79 Å². The largest absolute Gasteiger partial charge is 0.489 e. The predicted octanol–water partition coefficient (Wildman–Crippen LogP) is 3.06. The third kappa shape index (κ3) is 5.33. The van der Waals surface area contributed by atoms with Gasteiger partial charge in [0.05, 0.1) is 17.8 Å². The molecule has 0 saturated carbocycles. The molecule has 1 heterocycles. The molecule has 2 unspecified atom stereocenters. The van der Waals surface area contributed by atoms with Crippen LogP contribution in [0.3, 0.4) is 0 Å². The van der Waals surface area contributed by atoms with Crippen molar-refractivity contribution in [3.8, 4) is 5.75 Å². The lowest BCUT2D eigenvalue weighted by Crippen LogP contribution is -2.49. The molecule has 0 radical (unpaired) electrons. The quantitative estimate of drug-likeness (QED) is 0.718. The minimum absolute atomic E-state index is 0.0285. The standard InChI is InChI=1S/C22H25NO5/c1-16-12-23(13-17(2)28-16)21(24)15-27-22(25)20-11-7-6-8-18(20)14-26-19-9-4-3-5-10-19/h3-11,16-17H,12-15H2,1-2H3. The van der Waals surface area contributed by atoms with E-state index in [1.54, 1.807) is 17.0 Å². The van der Waals surface area contributed by atoms with Gasteiger partial charge in [-0.3, -0.25) is 4.79 Å². The Labute approximate surface area is 165 Å². The van der Waals surface area contributed by atoms with Crippen LogP contribution >= 0.6 is 0 Å². The molecule has 6 nitrogen and oxygen atoms in total. The van der Waals surface area contributed by atoms with E-state index < -0.39 is 5.97 Å². The summed E-state index contributed by atoms with van der Waals surface area (Å²) >= 11 is 0. The van der Waals surface area contributed by atoms with Crippen molar-refractivity contribution in [3.63, 3.8) is 0 Å². The summed E-state index contributed by atoms with van der Waals surface area (Å²) in [5.41, 5.74) is 1.10. The minimum Gasteiger partial charge on any atom is -0.489 e. The Bertz CT molecular complexity index is 798. The molecule has 2 atom stereocenters. The molecule has 6 heteroatoms. The first-order chi connectivity index (χ1) is 13.5. The molecule has 2 aromatic carbocycles. The van der Waals surface area contributed by atoms with Gasteiger partial charge in [-0.05, 0) is 32.0 Å². The first-order valence-electron chi connectivity index (χ1n) is 9.39. The Morgan fingerprint density at radius 2 is 1.64 bits per heavy atom. The predicted molar refractivity (Wildman–Crippen MR) is 104 cm³/mol. The van der Waals surface area contributed by atoms with Crippen molar-refractivity contribution in [3.05, 3.63) is 65.7 Å². The molecular weight excluding hydrogens is 358 g/mol. The van der Waals surface area contributed by atoms with Crippen molar-refractivity contribution in [2.24, 2.45) is 0 Å². The van der Waals surface area contributed by atoms with Gasteiger partial charge in [0, 0.05) is 18.7 Å². The number of benzene rings is 2. The lowest BCUT2D eigenvalue weighted by Gasteiger charge is -2.35. The summed E-state index contributed by atoms with van der Waals surface area (Å²) in [7, 11) is 0. The van der Waals surface area contributed by atoms with Gasteiger partial charge in [0.1, 0.15) is 12.4 Å². The lowest BCUT2D eigenvalue weighted by atomic mass is 10.1. The topological polar surface area (TPSA) is 65.1 Å². The molecule has 1 saturated heterocycles. The first kappa shape index (κ1) is 19.9. The molecule has 148 valence electrons. The maximum atomic E-state index is 12.5. The minimum atomic E-state index is -0.532. The van der Waals surface area contributed by atoms with Gasteiger partial charge in [0.2, 0.25) is 0 Å². The highest BCUT2D eigenvalue weighted by Gasteiger charge is 2.26. The summed E-state index contributed by atoms with van der Waals surface area (Å²) in [6.07, 6.45) is -0.0569. The molecule has 1 aliphatic heterocycles. The molecule has 0 bridgehead atoms. The van der Waals surface area contributed by atoms with Crippen LogP contribution in [0.4, 0.5) is 0 Å². The molecule has 0 N–H and O–H groups in total. The third-order valence-electron chi connectivity index (χ3n) is 4.47. The fourth-order valence-corrected chi connectivity index (χ4v) is 3.20. The number of esters is 1. The fraction of sp³-hybridized carbons (Fsp3) is 0.364. The van der Waals surface area contributed by atoms with E-state index in [1.807, 2.05) is 56.3 Å². The summed E-state index contributed by atoms with van der Waals surface area (Å²) in [5.74, 6) is -0.0280. The highest BCUT2D eigenvalue weighted by molar-refractivity contribution is 5.92. The third-order valence-corrected chi connectivity index (χ3v) is 4.47. The van der Waals surface area contributed by atoms with Crippen LogP contribution in [-0.4, -0.2) is 48.7 Å². The molecule has 28 heavy (non-hydrogen) atoms. The first-order valence-corrected chi connectivity index (χ1v) is 9.39. The SMILES string of the molecule is CC1CN(C(=O)COC(=O)c2ccccc2COc2ccccc2)CC(C)O1. The zero-order valence-electron chi connectivity index (χ0n) is 16.2. The molecule has 0 spiro atoms. The molecule has 1 fully saturated rings. The zero-order chi connectivity index (χ0) is 19.9. The number of ether oxygens (including phenoxy) is 3. The smallest absolute Gasteiger partial charge is 0.339 e. The summed E-state index contributed by atoms with van der Waals surface area (Å²) in [6, 6.07) is 16.5. The molecule has 1 aliphatic rings. The van der Waals surface area contributed by atoms with E-state index in [2.05, 4.69) is 0 Å². The Balaban J connectivity index is 1.57. The number of amides is 1. The second-order valence-electron chi connectivity index (χ2n) is 6.89. The summed E-state index contributed by atoms with van der Waals surface area (Å²) in [4.78, 5) is 26.6. The van der Waals surface area contributed by atoms with Crippen molar-refractivity contribution < 1.29 is 23.8 Å². The number of rotatable bonds is 6. The molecular formula is C22H25NO5. The van der Waals surface area contributed by atoms with Crippen LogP contribution in [-0.2, 0) is 20.9 Å². The van der Waals surface area contributed by atoms with Crippen LogP contribution in [0.2, 0.25) is 0 Å². The van der Waals surface area contributed by atoms with E-state index in [0.29, 0.717) is 24.2 Å². The second kappa shape index (κ2) is 9.37. The van der Waals surface area contributed by atoms with E-state index in [1.165, 1.54) is 0 Å². The second-order valence-corrected chi connectivity index (χ2v) is 6.89. The fourth-order valence-electron chi connectivity index (χ4n) is 3.20. The molecule has 0 aromatic heterocycles. The molecule has 2 aromatic rings. The number of carbonyl (C=O) groups is 2. The number of hydrogen-bond donors (Lipinski definition) is 0. The number of morpholine rings is 1. The highest BCUT2D eigenvalue weighted by Crippen LogP contribution is 2.16. The van der Waals surface area contributed by atoms with Crippen LogP contribution in [0.15, 0.2) is 54.6 Å². The Kier molecular flexibility index (Phi) is 6.66.